The van der Waals surface area contributed by atoms with Crippen LogP contribution in [0.2, 0.25) is 0 Å². The Kier molecular flexibility index (Phi) is 4.46. The van der Waals surface area contributed by atoms with Crippen molar-refractivity contribution in [2.24, 2.45) is 0 Å². The third kappa shape index (κ3) is 3.89. The number of hydrogen-bond donors (Lipinski definition) is 2. The average molecular weight is 299 g/mol. The molecule has 1 amide bonds. The zero-order valence-electron chi connectivity index (χ0n) is 10.2. The summed E-state index contributed by atoms with van der Waals surface area (Å²) in [5, 5.41) is 11.9. The number of anilines is 1. The standard InChI is InChI=1S/C12H11F2N3O2S/c13-11(14)19-9-3-1-8(2-4-9)16-10(18)7-17-5-6-20-12(17)15/h1-6,11,15H,7H2,(H,16,18). The van der Waals surface area contributed by atoms with E-state index in [2.05, 4.69) is 10.1 Å². The molecule has 0 saturated carbocycles. The summed E-state index contributed by atoms with van der Waals surface area (Å²) in [6.07, 6.45) is 1.64. The predicted octanol–water partition coefficient (Wildman–Crippen LogP) is 2.27. The van der Waals surface area contributed by atoms with Gasteiger partial charge in [-0.25, -0.2) is 0 Å². The molecule has 5 nitrogen and oxygen atoms in total. The van der Waals surface area contributed by atoms with Gasteiger partial charge in [0.1, 0.15) is 12.3 Å². The summed E-state index contributed by atoms with van der Waals surface area (Å²) < 4.78 is 29.6. The second-order valence-corrected chi connectivity index (χ2v) is 4.68. The van der Waals surface area contributed by atoms with Gasteiger partial charge in [-0.1, -0.05) is 0 Å². The molecule has 2 N–H and O–H groups in total. The van der Waals surface area contributed by atoms with E-state index >= 15 is 0 Å². The van der Waals surface area contributed by atoms with E-state index in [1.54, 1.807) is 11.6 Å². The zero-order chi connectivity index (χ0) is 14.5. The van der Waals surface area contributed by atoms with Crippen molar-refractivity contribution in [1.29, 1.82) is 5.41 Å². The Morgan fingerprint density at radius 2 is 2.10 bits per heavy atom. The highest BCUT2D eigenvalue weighted by Crippen LogP contribution is 2.17. The molecule has 0 fully saturated rings. The van der Waals surface area contributed by atoms with E-state index in [9.17, 15) is 13.6 Å². The van der Waals surface area contributed by atoms with Gasteiger partial charge in [-0.2, -0.15) is 8.78 Å². The van der Waals surface area contributed by atoms with Crippen molar-refractivity contribution in [3.63, 3.8) is 0 Å². The lowest BCUT2D eigenvalue weighted by molar-refractivity contribution is -0.116. The molecule has 0 bridgehead atoms. The molecule has 106 valence electrons. The van der Waals surface area contributed by atoms with Crippen LogP contribution in [-0.2, 0) is 11.3 Å². The first-order chi connectivity index (χ1) is 9.54. The number of hydrogen-bond acceptors (Lipinski definition) is 4. The molecule has 0 atom stereocenters. The number of halogens is 2. The van der Waals surface area contributed by atoms with Crippen molar-refractivity contribution < 1.29 is 18.3 Å². The van der Waals surface area contributed by atoms with Crippen LogP contribution < -0.4 is 14.9 Å². The van der Waals surface area contributed by atoms with E-state index in [0.717, 1.165) is 0 Å². The first-order valence-electron chi connectivity index (χ1n) is 5.58. The van der Waals surface area contributed by atoms with Gasteiger partial charge in [-0.3, -0.25) is 10.2 Å². The van der Waals surface area contributed by atoms with Gasteiger partial charge in [0.15, 0.2) is 4.80 Å². The van der Waals surface area contributed by atoms with E-state index < -0.39 is 6.61 Å². The minimum atomic E-state index is -2.87. The van der Waals surface area contributed by atoms with Crippen LogP contribution in [0.3, 0.4) is 0 Å². The minimum Gasteiger partial charge on any atom is -0.435 e. The number of alkyl halides is 2. The Labute approximate surface area is 116 Å². The molecule has 2 rings (SSSR count). The van der Waals surface area contributed by atoms with Crippen molar-refractivity contribution in [3.8, 4) is 5.75 Å². The van der Waals surface area contributed by atoms with E-state index in [1.807, 2.05) is 0 Å². The molecule has 8 heteroatoms. The van der Waals surface area contributed by atoms with Crippen LogP contribution in [0.1, 0.15) is 0 Å². The summed E-state index contributed by atoms with van der Waals surface area (Å²) in [5.41, 5.74) is 0.471. The average Bonchev–Trinajstić information content (AvgIpc) is 2.77. The van der Waals surface area contributed by atoms with Crippen LogP contribution >= 0.6 is 11.3 Å². The number of aromatic nitrogens is 1. The van der Waals surface area contributed by atoms with Gasteiger partial charge in [-0.05, 0) is 24.3 Å². The van der Waals surface area contributed by atoms with Gasteiger partial charge in [0.05, 0.1) is 0 Å². The second-order valence-electron chi connectivity index (χ2n) is 3.79. The number of benzene rings is 1. The molecule has 0 aliphatic heterocycles. The van der Waals surface area contributed by atoms with E-state index in [4.69, 9.17) is 5.41 Å². The SMILES string of the molecule is N=c1sccn1CC(=O)Nc1ccc(OC(F)F)cc1. The second kappa shape index (κ2) is 6.29. The van der Waals surface area contributed by atoms with Gasteiger partial charge < -0.3 is 14.6 Å². The van der Waals surface area contributed by atoms with Crippen molar-refractivity contribution in [1.82, 2.24) is 4.57 Å². The summed E-state index contributed by atoms with van der Waals surface area (Å²) in [5.74, 6) is -0.275. The van der Waals surface area contributed by atoms with Crippen molar-refractivity contribution in [3.05, 3.63) is 40.6 Å². The molecule has 0 aliphatic rings. The molecule has 20 heavy (non-hydrogen) atoms. The number of nitrogens with one attached hydrogen (secondary N) is 2. The molecule has 2 aromatic rings. The Balaban J connectivity index is 1.94. The van der Waals surface area contributed by atoms with Crippen LogP contribution in [0, 0.1) is 5.41 Å². The summed E-state index contributed by atoms with van der Waals surface area (Å²) in [6, 6.07) is 5.62. The van der Waals surface area contributed by atoms with Crippen molar-refractivity contribution >= 4 is 22.9 Å². The normalized spacial score (nSPS) is 10.6. The highest BCUT2D eigenvalue weighted by Gasteiger charge is 2.06. The Morgan fingerprint density at radius 3 is 2.65 bits per heavy atom. The molecule has 1 aromatic heterocycles. The number of nitrogens with zero attached hydrogens (tertiary/aromatic N) is 1. The number of thiazole rings is 1. The lowest BCUT2D eigenvalue weighted by Gasteiger charge is -2.08. The lowest BCUT2D eigenvalue weighted by Crippen LogP contribution is -2.23. The lowest BCUT2D eigenvalue weighted by atomic mass is 10.3. The largest absolute Gasteiger partial charge is 0.435 e. The van der Waals surface area contributed by atoms with Crippen LogP contribution in [0.5, 0.6) is 5.75 Å². The summed E-state index contributed by atoms with van der Waals surface area (Å²) in [6.45, 7) is -2.85. The monoisotopic (exact) mass is 299 g/mol. The predicted molar refractivity (Wildman–Crippen MR) is 69.9 cm³/mol. The van der Waals surface area contributed by atoms with Gasteiger partial charge >= 0.3 is 6.61 Å². The number of carbonyl (C=O) groups excluding carboxylic acids is 1. The Hall–Kier alpha value is -2.22. The third-order valence-electron chi connectivity index (χ3n) is 2.36. The maximum Gasteiger partial charge on any atom is 0.387 e. The van der Waals surface area contributed by atoms with Gasteiger partial charge in [-0.15, -0.1) is 11.3 Å². The smallest absolute Gasteiger partial charge is 0.387 e. The molecule has 0 saturated heterocycles. The van der Waals surface area contributed by atoms with E-state index in [-0.39, 0.29) is 23.0 Å². The van der Waals surface area contributed by atoms with Gasteiger partial charge in [0.25, 0.3) is 0 Å². The molecule has 0 aliphatic carbocycles. The molecule has 0 unspecified atom stereocenters. The topological polar surface area (TPSA) is 67.1 Å². The minimum absolute atomic E-state index is 0.0254. The third-order valence-corrected chi connectivity index (χ3v) is 3.07. The Bertz CT molecular complexity index is 637. The molecule has 0 radical (unpaired) electrons. The van der Waals surface area contributed by atoms with Crippen molar-refractivity contribution in [2.45, 2.75) is 13.2 Å². The fourth-order valence-electron chi connectivity index (χ4n) is 1.50. The molecular formula is C12H11F2N3O2S. The Morgan fingerprint density at radius 1 is 1.40 bits per heavy atom. The molecular weight excluding hydrogens is 288 g/mol. The summed E-state index contributed by atoms with van der Waals surface area (Å²) in [7, 11) is 0. The summed E-state index contributed by atoms with van der Waals surface area (Å²) >= 11 is 1.22. The van der Waals surface area contributed by atoms with Crippen LogP contribution in [0.25, 0.3) is 0 Å². The number of rotatable bonds is 5. The quantitative estimate of drug-likeness (QED) is 0.889. The van der Waals surface area contributed by atoms with Gasteiger partial charge in [0.2, 0.25) is 5.91 Å². The van der Waals surface area contributed by atoms with Crippen LogP contribution in [0.15, 0.2) is 35.8 Å². The first-order valence-corrected chi connectivity index (χ1v) is 6.46. The molecule has 1 heterocycles. The zero-order valence-corrected chi connectivity index (χ0v) is 11.0. The highest BCUT2D eigenvalue weighted by molar-refractivity contribution is 7.06. The molecule has 0 spiro atoms. The van der Waals surface area contributed by atoms with Crippen molar-refractivity contribution in [2.75, 3.05) is 5.32 Å². The van der Waals surface area contributed by atoms with Crippen LogP contribution in [-0.4, -0.2) is 17.1 Å². The maximum absolute atomic E-state index is 12.0. The fraction of sp³-hybridized carbons (Fsp3) is 0.167. The number of ether oxygens (including phenoxy) is 1. The van der Waals surface area contributed by atoms with Gasteiger partial charge in [0, 0.05) is 17.3 Å². The molecule has 1 aromatic carbocycles. The van der Waals surface area contributed by atoms with Crippen LogP contribution in [0.4, 0.5) is 14.5 Å². The van der Waals surface area contributed by atoms with E-state index in [0.29, 0.717) is 5.69 Å². The number of carbonyl (C=O) groups is 1. The van der Waals surface area contributed by atoms with E-state index in [1.165, 1.54) is 40.2 Å². The first kappa shape index (κ1) is 14.2. The summed E-state index contributed by atoms with van der Waals surface area (Å²) in [4.78, 5) is 12.0. The fourth-order valence-corrected chi connectivity index (χ4v) is 2.10. The highest BCUT2D eigenvalue weighted by atomic mass is 32.1. The number of amides is 1. The maximum atomic E-state index is 12.0.